The van der Waals surface area contributed by atoms with Gasteiger partial charge in [0, 0.05) is 12.6 Å². The van der Waals surface area contributed by atoms with Crippen molar-refractivity contribution in [3.63, 3.8) is 0 Å². The van der Waals surface area contributed by atoms with Gasteiger partial charge in [-0.05, 0) is 33.7 Å². The van der Waals surface area contributed by atoms with Gasteiger partial charge in [0.05, 0.1) is 0 Å². The second-order valence-corrected chi connectivity index (χ2v) is 4.69. The maximum Gasteiger partial charge on any atom is 0.208 e. The van der Waals surface area contributed by atoms with E-state index in [0.717, 1.165) is 29.6 Å². The molecule has 0 saturated heterocycles. The highest BCUT2D eigenvalue weighted by Gasteiger charge is 2.13. The largest absolute Gasteiger partial charge is 0.344 e. The quantitative estimate of drug-likeness (QED) is 0.805. The molecule has 1 aromatic heterocycles. The minimum absolute atomic E-state index is 0.453. The van der Waals surface area contributed by atoms with Crippen molar-refractivity contribution in [3.05, 3.63) is 5.01 Å². The van der Waals surface area contributed by atoms with E-state index in [1.165, 1.54) is 0 Å². The fraction of sp³-hybridized carbons (Fsp3) is 0.778. The van der Waals surface area contributed by atoms with E-state index >= 15 is 0 Å². The molecule has 0 amide bonds. The van der Waals surface area contributed by atoms with Gasteiger partial charge in [-0.25, -0.2) is 0 Å². The average molecular weight is 214 g/mol. The molecule has 80 valence electrons. The number of rotatable bonds is 5. The third-order valence-corrected chi connectivity index (χ3v) is 2.86. The SMILES string of the molecule is Cc1nnc(N(CCCN)C(C)C)s1. The molecule has 0 radical (unpaired) electrons. The fourth-order valence-corrected chi connectivity index (χ4v) is 2.09. The van der Waals surface area contributed by atoms with Crippen LogP contribution in [0.1, 0.15) is 25.3 Å². The van der Waals surface area contributed by atoms with Gasteiger partial charge in [0.2, 0.25) is 5.13 Å². The van der Waals surface area contributed by atoms with Crippen LogP contribution in [-0.2, 0) is 0 Å². The number of aryl methyl sites for hydroxylation is 1. The van der Waals surface area contributed by atoms with Crippen molar-refractivity contribution in [2.24, 2.45) is 5.73 Å². The predicted octanol–water partition coefficient (Wildman–Crippen LogP) is 1.41. The molecule has 0 spiro atoms. The highest BCUT2D eigenvalue weighted by Crippen LogP contribution is 2.21. The summed E-state index contributed by atoms with van der Waals surface area (Å²) >= 11 is 1.64. The predicted molar refractivity (Wildman–Crippen MR) is 60.8 cm³/mol. The number of nitrogens with two attached hydrogens (primary N) is 1. The maximum atomic E-state index is 5.50. The Kier molecular flexibility index (Phi) is 4.28. The van der Waals surface area contributed by atoms with Gasteiger partial charge in [-0.2, -0.15) is 0 Å². The Labute approximate surface area is 89.1 Å². The van der Waals surface area contributed by atoms with Crippen molar-refractivity contribution >= 4 is 16.5 Å². The second kappa shape index (κ2) is 5.26. The molecular weight excluding hydrogens is 196 g/mol. The highest BCUT2D eigenvalue weighted by molar-refractivity contribution is 7.15. The third-order valence-electron chi connectivity index (χ3n) is 1.99. The lowest BCUT2D eigenvalue weighted by molar-refractivity contribution is 0.652. The molecule has 0 saturated carbocycles. The minimum Gasteiger partial charge on any atom is -0.344 e. The molecule has 0 aromatic carbocycles. The zero-order chi connectivity index (χ0) is 10.6. The van der Waals surface area contributed by atoms with Crippen molar-refractivity contribution in [1.82, 2.24) is 10.2 Å². The van der Waals surface area contributed by atoms with Crippen LogP contribution in [0.25, 0.3) is 0 Å². The molecular formula is C9H18N4S. The van der Waals surface area contributed by atoms with Crippen LogP contribution in [0.15, 0.2) is 0 Å². The Hall–Kier alpha value is -0.680. The number of aromatic nitrogens is 2. The molecule has 14 heavy (non-hydrogen) atoms. The minimum atomic E-state index is 0.453. The molecule has 0 aliphatic heterocycles. The third kappa shape index (κ3) is 2.92. The Morgan fingerprint density at radius 3 is 2.57 bits per heavy atom. The smallest absolute Gasteiger partial charge is 0.208 e. The molecule has 5 heteroatoms. The normalized spacial score (nSPS) is 10.9. The first-order chi connectivity index (χ1) is 6.65. The summed E-state index contributed by atoms with van der Waals surface area (Å²) in [5.74, 6) is 0. The van der Waals surface area contributed by atoms with E-state index in [9.17, 15) is 0 Å². The van der Waals surface area contributed by atoms with Gasteiger partial charge < -0.3 is 10.6 Å². The van der Waals surface area contributed by atoms with Crippen LogP contribution >= 0.6 is 11.3 Å². The maximum absolute atomic E-state index is 5.50. The Morgan fingerprint density at radius 1 is 1.43 bits per heavy atom. The van der Waals surface area contributed by atoms with Gasteiger partial charge in [-0.3, -0.25) is 0 Å². The van der Waals surface area contributed by atoms with Gasteiger partial charge in [-0.1, -0.05) is 11.3 Å². The van der Waals surface area contributed by atoms with Crippen LogP contribution in [0.4, 0.5) is 5.13 Å². The molecule has 0 aliphatic rings. The first kappa shape index (κ1) is 11.4. The van der Waals surface area contributed by atoms with Crippen LogP contribution < -0.4 is 10.6 Å². The van der Waals surface area contributed by atoms with Crippen LogP contribution in [0.3, 0.4) is 0 Å². The highest BCUT2D eigenvalue weighted by atomic mass is 32.1. The zero-order valence-corrected chi connectivity index (χ0v) is 9.84. The fourth-order valence-electron chi connectivity index (χ4n) is 1.24. The van der Waals surface area contributed by atoms with E-state index in [4.69, 9.17) is 5.73 Å². The van der Waals surface area contributed by atoms with Gasteiger partial charge in [-0.15, -0.1) is 10.2 Å². The topological polar surface area (TPSA) is 55.0 Å². The molecule has 1 heterocycles. The average Bonchev–Trinajstić information content (AvgIpc) is 2.52. The van der Waals surface area contributed by atoms with Crippen LogP contribution in [0, 0.1) is 6.92 Å². The summed E-state index contributed by atoms with van der Waals surface area (Å²) in [7, 11) is 0. The van der Waals surface area contributed by atoms with Crippen LogP contribution in [0.5, 0.6) is 0 Å². The van der Waals surface area contributed by atoms with Gasteiger partial charge >= 0.3 is 0 Å². The van der Waals surface area contributed by atoms with Crippen LogP contribution in [0.2, 0.25) is 0 Å². The molecule has 4 nitrogen and oxygen atoms in total. The first-order valence-corrected chi connectivity index (χ1v) is 5.73. The van der Waals surface area contributed by atoms with Crippen molar-refractivity contribution in [1.29, 1.82) is 0 Å². The van der Waals surface area contributed by atoms with E-state index in [1.54, 1.807) is 11.3 Å². The zero-order valence-electron chi connectivity index (χ0n) is 9.03. The molecule has 1 rings (SSSR count). The molecule has 0 unspecified atom stereocenters. The van der Waals surface area contributed by atoms with E-state index < -0.39 is 0 Å². The molecule has 2 N–H and O–H groups in total. The lowest BCUT2D eigenvalue weighted by Gasteiger charge is -2.25. The van der Waals surface area contributed by atoms with Gasteiger partial charge in [0.15, 0.2) is 0 Å². The van der Waals surface area contributed by atoms with E-state index in [1.807, 2.05) is 6.92 Å². The van der Waals surface area contributed by atoms with Crippen LogP contribution in [-0.4, -0.2) is 29.3 Å². The first-order valence-electron chi connectivity index (χ1n) is 4.92. The molecule has 0 bridgehead atoms. The van der Waals surface area contributed by atoms with E-state index in [2.05, 4.69) is 28.9 Å². The second-order valence-electron chi connectivity index (χ2n) is 3.53. The van der Waals surface area contributed by atoms with Gasteiger partial charge in [0.1, 0.15) is 5.01 Å². The standard InChI is InChI=1S/C9H18N4S/c1-7(2)13(6-4-5-10)9-12-11-8(3)14-9/h7H,4-6,10H2,1-3H3. The van der Waals surface area contributed by atoms with Gasteiger partial charge in [0.25, 0.3) is 0 Å². The number of nitrogens with zero attached hydrogens (tertiary/aromatic N) is 3. The van der Waals surface area contributed by atoms with Crippen molar-refractivity contribution < 1.29 is 0 Å². The summed E-state index contributed by atoms with van der Waals surface area (Å²) in [5, 5.41) is 10.2. The van der Waals surface area contributed by atoms with E-state index in [0.29, 0.717) is 6.04 Å². The number of anilines is 1. The van der Waals surface area contributed by atoms with E-state index in [-0.39, 0.29) is 0 Å². The number of hydrogen-bond donors (Lipinski definition) is 1. The molecule has 1 aromatic rings. The monoisotopic (exact) mass is 214 g/mol. The van der Waals surface area contributed by atoms with Crippen molar-refractivity contribution in [2.75, 3.05) is 18.0 Å². The molecule has 0 atom stereocenters. The Bertz CT molecular complexity index is 272. The van der Waals surface area contributed by atoms with Crippen molar-refractivity contribution in [3.8, 4) is 0 Å². The summed E-state index contributed by atoms with van der Waals surface area (Å²) in [5.41, 5.74) is 5.50. The lowest BCUT2D eigenvalue weighted by atomic mass is 10.3. The lowest BCUT2D eigenvalue weighted by Crippen LogP contribution is -2.32. The summed E-state index contributed by atoms with van der Waals surface area (Å²) in [4.78, 5) is 2.25. The molecule has 0 fully saturated rings. The number of hydrogen-bond acceptors (Lipinski definition) is 5. The summed E-state index contributed by atoms with van der Waals surface area (Å²) in [6.45, 7) is 7.98. The summed E-state index contributed by atoms with van der Waals surface area (Å²) < 4.78 is 0. The van der Waals surface area contributed by atoms with Crippen molar-refractivity contribution in [2.45, 2.75) is 33.2 Å². The summed E-state index contributed by atoms with van der Waals surface area (Å²) in [6.07, 6.45) is 0.997. The Morgan fingerprint density at radius 2 is 2.14 bits per heavy atom. The summed E-state index contributed by atoms with van der Waals surface area (Å²) in [6, 6.07) is 0.453. The molecule has 0 aliphatic carbocycles. The Balaban J connectivity index is 2.67.